The molecule has 0 aliphatic heterocycles. The Morgan fingerprint density at radius 3 is 1.50 bits per heavy atom. The summed E-state index contributed by atoms with van der Waals surface area (Å²) in [6.07, 6.45) is 1.72. The Morgan fingerprint density at radius 2 is 1.50 bits per heavy atom. The van der Waals surface area contributed by atoms with Gasteiger partial charge in [-0.25, -0.2) is 0 Å². The molecule has 0 radical (unpaired) electrons. The second-order valence-corrected chi connectivity index (χ2v) is 2.97. The summed E-state index contributed by atoms with van der Waals surface area (Å²) in [5, 5.41) is 9.71. The number of hydrogen-bond donors (Lipinski definition) is 1. The molecule has 0 unspecified atom stereocenters. The van der Waals surface area contributed by atoms with Gasteiger partial charge in [0, 0.05) is 0 Å². The van der Waals surface area contributed by atoms with Gasteiger partial charge >= 0.3 is 0 Å². The van der Waals surface area contributed by atoms with Crippen molar-refractivity contribution in [1.82, 2.24) is 0 Å². The fourth-order valence-corrected chi connectivity index (χ4v) is 1.07. The molecule has 0 aliphatic rings. The molecule has 0 bridgehead atoms. The van der Waals surface area contributed by atoms with E-state index in [4.69, 9.17) is 0 Å². The average Bonchev–Trinajstić information content (AvgIpc) is 1.86. The minimum atomic E-state index is -0.417. The lowest BCUT2D eigenvalue weighted by Gasteiger charge is -2.29. The molecule has 0 saturated carbocycles. The van der Waals surface area contributed by atoms with Crippen molar-refractivity contribution in [2.45, 2.75) is 46.1 Å². The van der Waals surface area contributed by atoms with E-state index in [0.717, 1.165) is 12.8 Å². The van der Waals surface area contributed by atoms with Crippen LogP contribution in [0.25, 0.3) is 0 Å². The fourth-order valence-electron chi connectivity index (χ4n) is 1.07. The molecule has 0 aromatic carbocycles. The fraction of sp³-hybridized carbons (Fsp3) is 1.00. The summed E-state index contributed by atoms with van der Waals surface area (Å²) in [6, 6.07) is 0. The molecule has 0 fully saturated rings. The van der Waals surface area contributed by atoms with Gasteiger partial charge in [0.2, 0.25) is 0 Å². The first-order chi connectivity index (χ1) is 4.06. The summed E-state index contributed by atoms with van der Waals surface area (Å²) in [6.45, 7) is 8.19. The van der Waals surface area contributed by atoms with E-state index in [0.29, 0.717) is 5.92 Å². The predicted molar refractivity (Wildman–Crippen MR) is 50.3 cm³/mol. The van der Waals surface area contributed by atoms with Crippen molar-refractivity contribution in [3.8, 4) is 0 Å². The van der Waals surface area contributed by atoms with E-state index in [9.17, 15) is 5.11 Å². The predicted octanol–water partition coefficient (Wildman–Crippen LogP) is 1.01. The van der Waals surface area contributed by atoms with Crippen LogP contribution in [0.4, 0.5) is 0 Å². The molecule has 2 heteroatoms. The highest BCUT2D eigenvalue weighted by molar-refractivity contribution is 5.75. The summed E-state index contributed by atoms with van der Waals surface area (Å²) >= 11 is 0. The second kappa shape index (κ2) is 5.18. The van der Waals surface area contributed by atoms with Gasteiger partial charge in [0.25, 0.3) is 0 Å². The van der Waals surface area contributed by atoms with Crippen LogP contribution in [0.2, 0.25) is 0 Å². The maximum atomic E-state index is 9.71. The van der Waals surface area contributed by atoms with E-state index in [1.165, 1.54) is 0 Å². The molecule has 0 heterocycles. The molecule has 0 aliphatic carbocycles. The first-order valence-electron chi connectivity index (χ1n) is 3.79. The Bertz CT molecular complexity index is 77.3. The SMILES string of the molecule is CCC(O)(CC)C(C)C.[AlH3]. The normalized spacial score (nSPS) is 11.4. The van der Waals surface area contributed by atoms with E-state index in [-0.39, 0.29) is 17.4 Å². The van der Waals surface area contributed by atoms with E-state index in [1.807, 2.05) is 13.8 Å². The number of hydrogen-bond acceptors (Lipinski definition) is 1. The Kier molecular flexibility index (Phi) is 6.79. The molecular weight excluding hydrogens is 139 g/mol. The van der Waals surface area contributed by atoms with Crippen molar-refractivity contribution in [3.63, 3.8) is 0 Å². The third-order valence-corrected chi connectivity index (χ3v) is 2.30. The van der Waals surface area contributed by atoms with Crippen LogP contribution in [0, 0.1) is 5.92 Å². The summed E-state index contributed by atoms with van der Waals surface area (Å²) in [5.74, 6) is 0.382. The van der Waals surface area contributed by atoms with Gasteiger partial charge in [-0.2, -0.15) is 0 Å². The maximum absolute atomic E-state index is 9.71. The van der Waals surface area contributed by atoms with Gasteiger partial charge in [0.15, 0.2) is 17.4 Å². The molecule has 0 atom stereocenters. The molecule has 0 rings (SSSR count). The maximum Gasteiger partial charge on any atom is 0.187 e. The van der Waals surface area contributed by atoms with Crippen LogP contribution in [-0.4, -0.2) is 28.1 Å². The zero-order valence-corrected chi connectivity index (χ0v) is 6.94. The Hall–Kier alpha value is 0.492. The highest BCUT2D eigenvalue weighted by Gasteiger charge is 2.25. The summed E-state index contributed by atoms with van der Waals surface area (Å²) < 4.78 is 0. The summed E-state index contributed by atoms with van der Waals surface area (Å²) in [5.41, 5.74) is -0.417. The number of aliphatic hydroxyl groups is 1. The second-order valence-electron chi connectivity index (χ2n) is 2.97. The van der Waals surface area contributed by atoms with E-state index in [1.54, 1.807) is 0 Å². The van der Waals surface area contributed by atoms with Gasteiger partial charge in [0.1, 0.15) is 0 Å². The van der Waals surface area contributed by atoms with Crippen molar-refractivity contribution >= 4 is 17.4 Å². The lowest BCUT2D eigenvalue weighted by molar-refractivity contribution is -0.0121. The largest absolute Gasteiger partial charge is 0.390 e. The topological polar surface area (TPSA) is 20.2 Å². The first-order valence-corrected chi connectivity index (χ1v) is 3.79. The Balaban J connectivity index is 0. The molecule has 0 spiro atoms. The third-order valence-electron chi connectivity index (χ3n) is 2.30. The molecule has 0 aromatic heterocycles. The van der Waals surface area contributed by atoms with Gasteiger partial charge in [-0.05, 0) is 18.8 Å². The summed E-state index contributed by atoms with van der Waals surface area (Å²) in [4.78, 5) is 0. The smallest absolute Gasteiger partial charge is 0.187 e. The van der Waals surface area contributed by atoms with E-state index >= 15 is 0 Å². The quantitative estimate of drug-likeness (QED) is 0.611. The van der Waals surface area contributed by atoms with Crippen LogP contribution >= 0.6 is 0 Å². The molecule has 62 valence electrons. The molecule has 0 saturated heterocycles. The van der Waals surface area contributed by atoms with Crippen LogP contribution in [0.5, 0.6) is 0 Å². The Labute approximate surface area is 75.0 Å². The standard InChI is InChI=1S/C8H18O.Al.3H/c1-5-8(9,6-2)7(3)4;;;;/h7,9H,5-6H2,1-4H3;;;;. The van der Waals surface area contributed by atoms with Crippen molar-refractivity contribution < 1.29 is 5.11 Å². The van der Waals surface area contributed by atoms with Crippen molar-refractivity contribution in [2.24, 2.45) is 5.92 Å². The van der Waals surface area contributed by atoms with Gasteiger partial charge in [-0.1, -0.05) is 27.7 Å². The lowest BCUT2D eigenvalue weighted by atomic mass is 9.86. The van der Waals surface area contributed by atoms with Gasteiger partial charge in [-0.15, -0.1) is 0 Å². The zero-order valence-electron chi connectivity index (χ0n) is 6.94. The molecule has 10 heavy (non-hydrogen) atoms. The van der Waals surface area contributed by atoms with Crippen LogP contribution in [0.3, 0.4) is 0 Å². The highest BCUT2D eigenvalue weighted by atomic mass is 27.0. The first kappa shape index (κ1) is 13.1. The monoisotopic (exact) mass is 160 g/mol. The molecule has 1 nitrogen and oxygen atoms in total. The van der Waals surface area contributed by atoms with E-state index in [2.05, 4.69) is 13.8 Å². The lowest BCUT2D eigenvalue weighted by Crippen LogP contribution is -2.32. The van der Waals surface area contributed by atoms with Crippen molar-refractivity contribution in [3.05, 3.63) is 0 Å². The van der Waals surface area contributed by atoms with E-state index < -0.39 is 5.60 Å². The number of rotatable bonds is 3. The molecular formula is C8H21AlO. The third kappa shape index (κ3) is 3.05. The van der Waals surface area contributed by atoms with Gasteiger partial charge in [0.05, 0.1) is 5.60 Å². The van der Waals surface area contributed by atoms with Crippen LogP contribution in [0.15, 0.2) is 0 Å². The minimum absolute atomic E-state index is 0. The molecule has 0 amide bonds. The van der Waals surface area contributed by atoms with Crippen LogP contribution in [0.1, 0.15) is 40.5 Å². The van der Waals surface area contributed by atoms with Gasteiger partial charge < -0.3 is 5.11 Å². The summed E-state index contributed by atoms with van der Waals surface area (Å²) in [7, 11) is 0. The van der Waals surface area contributed by atoms with Gasteiger partial charge in [-0.3, -0.25) is 0 Å². The Morgan fingerprint density at radius 1 is 1.20 bits per heavy atom. The van der Waals surface area contributed by atoms with Crippen LogP contribution in [-0.2, 0) is 0 Å². The van der Waals surface area contributed by atoms with Crippen LogP contribution < -0.4 is 0 Å². The molecule has 1 N–H and O–H groups in total. The molecule has 0 aromatic rings. The van der Waals surface area contributed by atoms with Crippen molar-refractivity contribution in [1.29, 1.82) is 0 Å². The van der Waals surface area contributed by atoms with Crippen molar-refractivity contribution in [2.75, 3.05) is 0 Å². The zero-order chi connectivity index (χ0) is 7.49. The minimum Gasteiger partial charge on any atom is -0.390 e. The highest BCUT2D eigenvalue weighted by Crippen LogP contribution is 2.23. The average molecular weight is 160 g/mol.